The summed E-state index contributed by atoms with van der Waals surface area (Å²) >= 11 is 0. The van der Waals surface area contributed by atoms with E-state index in [9.17, 15) is 5.11 Å². The molecule has 0 heterocycles. The molecule has 0 aromatic rings. The Labute approximate surface area is 68.6 Å². The molecule has 1 unspecified atom stereocenters. The van der Waals surface area contributed by atoms with E-state index in [2.05, 4.69) is 13.5 Å². The predicted octanol–water partition coefficient (Wildman–Crippen LogP) is 1.47. The molecule has 2 nitrogen and oxygen atoms in total. The summed E-state index contributed by atoms with van der Waals surface area (Å²) < 4.78 is 0. The molecule has 0 aliphatic rings. The highest BCUT2D eigenvalue weighted by Crippen LogP contribution is 2.06. The molecule has 66 valence electrons. The molecule has 0 fully saturated rings. The Morgan fingerprint density at radius 3 is 2.55 bits per heavy atom. The SMILES string of the molecule is C=CC(O)C[C@@H](O)CCCC. The molecule has 0 amide bonds. The third kappa shape index (κ3) is 6.07. The smallest absolute Gasteiger partial charge is 0.0742 e. The molecule has 2 N–H and O–H groups in total. The van der Waals surface area contributed by atoms with Crippen molar-refractivity contribution in [2.75, 3.05) is 0 Å². The molecule has 0 rings (SSSR count). The van der Waals surface area contributed by atoms with Gasteiger partial charge < -0.3 is 10.2 Å². The number of aliphatic hydroxyl groups is 2. The highest BCUT2D eigenvalue weighted by Gasteiger charge is 2.07. The Bertz CT molecular complexity index is 102. The van der Waals surface area contributed by atoms with Gasteiger partial charge in [0.1, 0.15) is 0 Å². The normalized spacial score (nSPS) is 15.9. The summed E-state index contributed by atoms with van der Waals surface area (Å²) in [7, 11) is 0. The number of unbranched alkanes of at least 4 members (excludes halogenated alkanes) is 1. The maximum absolute atomic E-state index is 9.27. The fourth-order valence-electron chi connectivity index (χ4n) is 0.933. The second-order valence-electron chi connectivity index (χ2n) is 2.83. The lowest BCUT2D eigenvalue weighted by molar-refractivity contribution is 0.0962. The highest BCUT2D eigenvalue weighted by molar-refractivity contribution is 4.79. The first-order valence-electron chi connectivity index (χ1n) is 4.19. The van der Waals surface area contributed by atoms with Crippen molar-refractivity contribution in [3.63, 3.8) is 0 Å². The van der Waals surface area contributed by atoms with Crippen molar-refractivity contribution < 1.29 is 10.2 Å². The van der Waals surface area contributed by atoms with Crippen LogP contribution in [0.5, 0.6) is 0 Å². The van der Waals surface area contributed by atoms with Crippen molar-refractivity contribution in [1.29, 1.82) is 0 Å². The van der Waals surface area contributed by atoms with Gasteiger partial charge in [-0.2, -0.15) is 0 Å². The number of hydrogen-bond acceptors (Lipinski definition) is 2. The summed E-state index contributed by atoms with van der Waals surface area (Å²) in [6, 6.07) is 0. The quantitative estimate of drug-likeness (QED) is 0.575. The van der Waals surface area contributed by atoms with Gasteiger partial charge in [-0.25, -0.2) is 0 Å². The molecule has 2 heteroatoms. The number of aliphatic hydroxyl groups excluding tert-OH is 2. The summed E-state index contributed by atoms with van der Waals surface area (Å²) in [5, 5.41) is 18.3. The van der Waals surface area contributed by atoms with E-state index in [0.29, 0.717) is 6.42 Å². The first kappa shape index (κ1) is 10.7. The van der Waals surface area contributed by atoms with E-state index in [4.69, 9.17) is 5.11 Å². The van der Waals surface area contributed by atoms with E-state index >= 15 is 0 Å². The zero-order valence-electron chi connectivity index (χ0n) is 7.16. The minimum atomic E-state index is -0.554. The fraction of sp³-hybridized carbons (Fsp3) is 0.778. The summed E-state index contributed by atoms with van der Waals surface area (Å²) in [5.74, 6) is 0. The van der Waals surface area contributed by atoms with Crippen molar-refractivity contribution in [3.8, 4) is 0 Å². The molecule has 0 bridgehead atoms. The predicted molar refractivity (Wildman–Crippen MR) is 46.4 cm³/mol. The van der Waals surface area contributed by atoms with Crippen LogP contribution < -0.4 is 0 Å². The van der Waals surface area contributed by atoms with Crippen LogP contribution >= 0.6 is 0 Å². The minimum absolute atomic E-state index is 0.372. The highest BCUT2D eigenvalue weighted by atomic mass is 16.3. The topological polar surface area (TPSA) is 40.5 Å². The first-order valence-corrected chi connectivity index (χ1v) is 4.19. The lowest BCUT2D eigenvalue weighted by atomic mass is 10.1. The van der Waals surface area contributed by atoms with Gasteiger partial charge in [-0.1, -0.05) is 25.8 Å². The molecule has 0 aromatic carbocycles. The van der Waals surface area contributed by atoms with Crippen molar-refractivity contribution in [1.82, 2.24) is 0 Å². The summed E-state index contributed by atoms with van der Waals surface area (Å²) in [5.41, 5.74) is 0. The molecule has 0 aromatic heterocycles. The van der Waals surface area contributed by atoms with Gasteiger partial charge in [0.15, 0.2) is 0 Å². The van der Waals surface area contributed by atoms with Crippen molar-refractivity contribution >= 4 is 0 Å². The van der Waals surface area contributed by atoms with Crippen LogP contribution in [0, 0.1) is 0 Å². The van der Waals surface area contributed by atoms with Crippen LogP contribution in [0.4, 0.5) is 0 Å². The number of hydrogen-bond donors (Lipinski definition) is 2. The number of rotatable bonds is 6. The summed E-state index contributed by atoms with van der Waals surface area (Å²) in [4.78, 5) is 0. The third-order valence-electron chi connectivity index (χ3n) is 1.68. The maximum atomic E-state index is 9.27. The Morgan fingerprint density at radius 2 is 2.09 bits per heavy atom. The molecule has 0 aliphatic carbocycles. The summed E-state index contributed by atoms with van der Waals surface area (Å²) in [6.07, 6.45) is 3.83. The van der Waals surface area contributed by atoms with Crippen LogP contribution in [-0.4, -0.2) is 22.4 Å². The van der Waals surface area contributed by atoms with E-state index in [-0.39, 0.29) is 6.10 Å². The standard InChI is InChI=1S/C9H18O2/c1-3-5-6-9(11)7-8(10)4-2/h4,8-11H,2-3,5-7H2,1H3/t8?,9-/m0/s1. The summed E-state index contributed by atoms with van der Waals surface area (Å²) in [6.45, 7) is 5.51. The van der Waals surface area contributed by atoms with Crippen molar-refractivity contribution in [3.05, 3.63) is 12.7 Å². The lowest BCUT2D eigenvalue weighted by Crippen LogP contribution is -2.15. The Balaban J connectivity index is 3.34. The second-order valence-corrected chi connectivity index (χ2v) is 2.83. The van der Waals surface area contributed by atoms with Gasteiger partial charge in [0.2, 0.25) is 0 Å². The average Bonchev–Trinajstić information content (AvgIpc) is 2.00. The molecule has 2 atom stereocenters. The van der Waals surface area contributed by atoms with E-state index in [1.165, 1.54) is 6.08 Å². The molecular weight excluding hydrogens is 140 g/mol. The van der Waals surface area contributed by atoms with E-state index in [1.54, 1.807) is 0 Å². The zero-order chi connectivity index (χ0) is 8.69. The zero-order valence-corrected chi connectivity index (χ0v) is 7.16. The van der Waals surface area contributed by atoms with E-state index in [0.717, 1.165) is 19.3 Å². The van der Waals surface area contributed by atoms with Gasteiger partial charge in [-0.05, 0) is 6.42 Å². The molecule has 0 saturated heterocycles. The average molecular weight is 158 g/mol. The van der Waals surface area contributed by atoms with Crippen LogP contribution in [0.1, 0.15) is 32.6 Å². The van der Waals surface area contributed by atoms with Gasteiger partial charge in [0, 0.05) is 6.42 Å². The van der Waals surface area contributed by atoms with Crippen LogP contribution in [-0.2, 0) is 0 Å². The van der Waals surface area contributed by atoms with Crippen molar-refractivity contribution in [2.24, 2.45) is 0 Å². The maximum Gasteiger partial charge on any atom is 0.0742 e. The molecule has 11 heavy (non-hydrogen) atoms. The molecular formula is C9H18O2. The molecule has 0 aliphatic heterocycles. The van der Waals surface area contributed by atoms with E-state index in [1.807, 2.05) is 0 Å². The van der Waals surface area contributed by atoms with Gasteiger partial charge in [0.25, 0.3) is 0 Å². The van der Waals surface area contributed by atoms with Crippen LogP contribution in [0.15, 0.2) is 12.7 Å². The largest absolute Gasteiger partial charge is 0.393 e. The van der Waals surface area contributed by atoms with Crippen LogP contribution in [0.25, 0.3) is 0 Å². The Kier molecular flexibility index (Phi) is 6.18. The molecule has 0 spiro atoms. The van der Waals surface area contributed by atoms with Gasteiger partial charge in [0.05, 0.1) is 12.2 Å². The van der Waals surface area contributed by atoms with Gasteiger partial charge in [-0.15, -0.1) is 6.58 Å². The fourth-order valence-corrected chi connectivity index (χ4v) is 0.933. The first-order chi connectivity index (χ1) is 5.20. The van der Waals surface area contributed by atoms with Crippen LogP contribution in [0.3, 0.4) is 0 Å². The molecule has 0 radical (unpaired) electrons. The van der Waals surface area contributed by atoms with Crippen LogP contribution in [0.2, 0.25) is 0 Å². The van der Waals surface area contributed by atoms with Crippen molar-refractivity contribution in [2.45, 2.75) is 44.8 Å². The third-order valence-corrected chi connectivity index (χ3v) is 1.68. The van der Waals surface area contributed by atoms with Gasteiger partial charge >= 0.3 is 0 Å². The minimum Gasteiger partial charge on any atom is -0.393 e. The molecule has 0 saturated carbocycles. The Morgan fingerprint density at radius 1 is 1.45 bits per heavy atom. The van der Waals surface area contributed by atoms with E-state index < -0.39 is 6.10 Å². The Hall–Kier alpha value is -0.340. The second kappa shape index (κ2) is 6.38. The lowest BCUT2D eigenvalue weighted by Gasteiger charge is -2.11. The van der Waals surface area contributed by atoms with Gasteiger partial charge in [-0.3, -0.25) is 0 Å². The monoisotopic (exact) mass is 158 g/mol.